The molecule has 0 saturated carbocycles. The Balaban J connectivity index is 1.60. The first-order valence-electron chi connectivity index (χ1n) is 9.16. The molecule has 0 amide bonds. The predicted octanol–water partition coefficient (Wildman–Crippen LogP) is 2.40. The van der Waals surface area contributed by atoms with Crippen LogP contribution in [0.15, 0.2) is 48.9 Å². The number of hydrogen-bond donors (Lipinski definition) is 2. The fraction of sp³-hybridized carbons (Fsp3) is 0.350. The number of aromatic nitrogens is 3. The van der Waals surface area contributed by atoms with Crippen LogP contribution in [0.4, 0.5) is 5.82 Å². The quantitative estimate of drug-likeness (QED) is 0.738. The van der Waals surface area contributed by atoms with Gasteiger partial charge in [0.25, 0.3) is 0 Å². The van der Waals surface area contributed by atoms with E-state index in [1.54, 1.807) is 6.33 Å². The van der Waals surface area contributed by atoms with E-state index in [0.717, 1.165) is 60.7 Å². The van der Waals surface area contributed by atoms with Crippen molar-refractivity contribution in [3.8, 4) is 11.3 Å². The van der Waals surface area contributed by atoms with Crippen LogP contribution >= 0.6 is 0 Å². The van der Waals surface area contributed by atoms with Crippen molar-refractivity contribution in [1.82, 2.24) is 25.2 Å². The van der Waals surface area contributed by atoms with Crippen LogP contribution in [0.2, 0.25) is 0 Å². The minimum absolute atomic E-state index is 0.310. The summed E-state index contributed by atoms with van der Waals surface area (Å²) in [7, 11) is 0. The molecule has 0 bridgehead atoms. The summed E-state index contributed by atoms with van der Waals surface area (Å²) in [5, 5.41) is 8.00. The number of hydrogen-bond acceptors (Lipinski definition) is 6. The zero-order valence-electron chi connectivity index (χ0n) is 15.0. The molecule has 1 fully saturated rings. The van der Waals surface area contributed by atoms with Crippen molar-refractivity contribution in [2.75, 3.05) is 38.0 Å². The summed E-state index contributed by atoms with van der Waals surface area (Å²) in [6.07, 6.45) is 3.44. The Morgan fingerprint density at radius 1 is 1.08 bits per heavy atom. The van der Waals surface area contributed by atoms with E-state index in [4.69, 9.17) is 0 Å². The number of para-hydroxylation sites is 1. The molecule has 0 radical (unpaired) electrons. The van der Waals surface area contributed by atoms with Crippen LogP contribution in [-0.4, -0.2) is 58.6 Å². The molecule has 0 unspecified atom stereocenters. The zero-order valence-corrected chi connectivity index (χ0v) is 15.0. The number of pyridine rings is 1. The third-order valence-electron chi connectivity index (χ3n) is 4.73. The molecule has 6 heteroatoms. The lowest BCUT2D eigenvalue weighted by molar-refractivity contribution is 0.235. The van der Waals surface area contributed by atoms with Crippen molar-refractivity contribution < 1.29 is 0 Å². The highest BCUT2D eigenvalue weighted by molar-refractivity contribution is 5.98. The SMILES string of the molecule is C[C@@H](CN1CCNCC1)Nc1ncnc2c(-c3ccccn3)cccc12. The summed E-state index contributed by atoms with van der Waals surface area (Å²) in [5.41, 5.74) is 2.89. The Hall–Kier alpha value is -2.57. The van der Waals surface area contributed by atoms with Gasteiger partial charge in [-0.3, -0.25) is 9.88 Å². The van der Waals surface area contributed by atoms with Gasteiger partial charge >= 0.3 is 0 Å². The Morgan fingerprint density at radius 3 is 2.77 bits per heavy atom. The van der Waals surface area contributed by atoms with Crippen LogP contribution in [0.1, 0.15) is 6.92 Å². The Bertz CT molecular complexity index is 861. The first-order valence-corrected chi connectivity index (χ1v) is 9.16. The van der Waals surface area contributed by atoms with Crippen LogP contribution in [0.3, 0.4) is 0 Å². The van der Waals surface area contributed by atoms with Gasteiger partial charge in [0, 0.05) is 55.9 Å². The van der Waals surface area contributed by atoms with Crippen LogP contribution in [0.5, 0.6) is 0 Å². The van der Waals surface area contributed by atoms with Gasteiger partial charge in [-0.2, -0.15) is 0 Å². The molecule has 0 spiro atoms. The Labute approximate surface area is 153 Å². The molecule has 6 nitrogen and oxygen atoms in total. The molecule has 4 rings (SSSR count). The summed E-state index contributed by atoms with van der Waals surface area (Å²) in [4.78, 5) is 16.0. The van der Waals surface area contributed by atoms with Gasteiger partial charge in [-0.05, 0) is 25.1 Å². The highest BCUT2D eigenvalue weighted by Crippen LogP contribution is 2.28. The Morgan fingerprint density at radius 2 is 1.96 bits per heavy atom. The van der Waals surface area contributed by atoms with E-state index < -0.39 is 0 Å². The molecule has 1 aliphatic heterocycles. The average Bonchev–Trinajstić information content (AvgIpc) is 2.69. The fourth-order valence-corrected chi connectivity index (χ4v) is 3.49. The largest absolute Gasteiger partial charge is 0.366 e. The molecular weight excluding hydrogens is 324 g/mol. The molecule has 1 atom stereocenters. The second kappa shape index (κ2) is 7.76. The number of rotatable bonds is 5. The van der Waals surface area contributed by atoms with Gasteiger partial charge in [-0.25, -0.2) is 9.97 Å². The number of nitrogens with one attached hydrogen (secondary N) is 2. The standard InChI is InChI=1S/C20H24N6/c1-15(13-26-11-9-21-10-12-26)25-20-17-6-4-5-16(19(17)23-14-24-20)18-7-2-3-8-22-18/h2-8,14-15,21H,9-13H2,1H3,(H,23,24,25)/t15-/m0/s1. The van der Waals surface area contributed by atoms with Crippen molar-refractivity contribution in [1.29, 1.82) is 0 Å². The number of fused-ring (bicyclic) bond motifs is 1. The van der Waals surface area contributed by atoms with Gasteiger partial charge < -0.3 is 10.6 Å². The normalized spacial score (nSPS) is 16.5. The lowest BCUT2D eigenvalue weighted by Gasteiger charge is -2.30. The second-order valence-corrected chi connectivity index (χ2v) is 6.73. The maximum Gasteiger partial charge on any atom is 0.137 e. The molecule has 3 heterocycles. The Kier molecular flexibility index (Phi) is 5.04. The highest BCUT2D eigenvalue weighted by atomic mass is 15.2. The van der Waals surface area contributed by atoms with Gasteiger partial charge in [0.15, 0.2) is 0 Å². The third kappa shape index (κ3) is 3.66. The van der Waals surface area contributed by atoms with E-state index in [2.05, 4.69) is 49.5 Å². The number of nitrogens with zero attached hydrogens (tertiary/aromatic N) is 4. The highest BCUT2D eigenvalue weighted by Gasteiger charge is 2.15. The molecule has 26 heavy (non-hydrogen) atoms. The number of anilines is 1. The molecular formula is C20H24N6. The van der Waals surface area contributed by atoms with Gasteiger partial charge in [0.2, 0.25) is 0 Å². The maximum atomic E-state index is 4.53. The third-order valence-corrected chi connectivity index (χ3v) is 4.73. The lowest BCUT2D eigenvalue weighted by atomic mass is 10.1. The summed E-state index contributed by atoms with van der Waals surface area (Å²) < 4.78 is 0. The molecule has 134 valence electrons. The van der Waals surface area contributed by atoms with Crippen molar-refractivity contribution in [3.05, 3.63) is 48.9 Å². The zero-order chi connectivity index (χ0) is 17.8. The monoisotopic (exact) mass is 348 g/mol. The smallest absolute Gasteiger partial charge is 0.137 e. The second-order valence-electron chi connectivity index (χ2n) is 6.73. The van der Waals surface area contributed by atoms with Crippen molar-refractivity contribution >= 4 is 16.7 Å². The summed E-state index contributed by atoms with van der Waals surface area (Å²) >= 11 is 0. The number of benzene rings is 1. The number of piperazine rings is 1. The molecule has 2 aromatic heterocycles. The van der Waals surface area contributed by atoms with Crippen molar-refractivity contribution in [2.45, 2.75) is 13.0 Å². The van der Waals surface area contributed by atoms with E-state index in [9.17, 15) is 0 Å². The van der Waals surface area contributed by atoms with Crippen LogP contribution < -0.4 is 10.6 Å². The molecule has 2 N–H and O–H groups in total. The van der Waals surface area contributed by atoms with E-state index >= 15 is 0 Å². The first-order chi connectivity index (χ1) is 12.8. The molecule has 3 aromatic rings. The molecule has 1 saturated heterocycles. The lowest BCUT2D eigenvalue weighted by Crippen LogP contribution is -2.47. The van der Waals surface area contributed by atoms with Crippen LogP contribution in [0, 0.1) is 0 Å². The van der Waals surface area contributed by atoms with Gasteiger partial charge in [-0.15, -0.1) is 0 Å². The van der Waals surface area contributed by atoms with Crippen LogP contribution in [0.25, 0.3) is 22.2 Å². The molecule has 0 aliphatic carbocycles. The first kappa shape index (κ1) is 16.9. The fourth-order valence-electron chi connectivity index (χ4n) is 3.49. The van der Waals surface area contributed by atoms with E-state index in [0.29, 0.717) is 6.04 Å². The summed E-state index contributed by atoms with van der Waals surface area (Å²) in [6.45, 7) is 7.54. The topological polar surface area (TPSA) is 66.0 Å². The van der Waals surface area contributed by atoms with Gasteiger partial charge in [0.05, 0.1) is 11.2 Å². The predicted molar refractivity (Wildman–Crippen MR) is 105 cm³/mol. The molecule has 1 aliphatic rings. The maximum absolute atomic E-state index is 4.53. The summed E-state index contributed by atoms with van der Waals surface area (Å²) in [5.74, 6) is 0.885. The van der Waals surface area contributed by atoms with E-state index in [1.165, 1.54) is 0 Å². The van der Waals surface area contributed by atoms with E-state index in [-0.39, 0.29) is 0 Å². The minimum atomic E-state index is 0.310. The van der Waals surface area contributed by atoms with Gasteiger partial charge in [0.1, 0.15) is 12.1 Å². The van der Waals surface area contributed by atoms with Crippen LogP contribution in [-0.2, 0) is 0 Å². The minimum Gasteiger partial charge on any atom is -0.366 e. The summed E-state index contributed by atoms with van der Waals surface area (Å²) in [6, 6.07) is 12.4. The average molecular weight is 348 g/mol. The van der Waals surface area contributed by atoms with E-state index in [1.807, 2.05) is 30.5 Å². The van der Waals surface area contributed by atoms with Crippen molar-refractivity contribution in [3.63, 3.8) is 0 Å². The van der Waals surface area contributed by atoms with Crippen molar-refractivity contribution in [2.24, 2.45) is 0 Å². The molecule has 1 aromatic carbocycles. The van der Waals surface area contributed by atoms with Gasteiger partial charge in [-0.1, -0.05) is 18.2 Å².